The summed E-state index contributed by atoms with van der Waals surface area (Å²) in [7, 11) is 0. The van der Waals surface area contributed by atoms with Crippen LogP contribution >= 0.6 is 12.2 Å². The fraction of sp³-hybridized carbons (Fsp3) is 0.857. The second-order valence-corrected chi connectivity index (χ2v) is 6.78. The lowest BCUT2D eigenvalue weighted by atomic mass is 9.95. The van der Waals surface area contributed by atoms with E-state index in [2.05, 4.69) is 10.2 Å². The average Bonchev–Trinajstić information content (AvgIpc) is 3.01. The van der Waals surface area contributed by atoms with Gasteiger partial charge >= 0.3 is 0 Å². The number of nitrogens with two attached hydrogens (primary N) is 1. The molecule has 2 saturated carbocycles. The minimum absolute atomic E-state index is 0.0431. The van der Waals surface area contributed by atoms with Crippen molar-refractivity contribution >= 4 is 23.2 Å². The standard InChI is InChI=1S/C14H23N3OS/c15-13(18)10-3-5-17(6-4-10)14(19)16-12-8-9-1-2-11(12)7-9/h9-12H,1-8H2,(H2,15,18)(H,16,19)/t9-,11-,12-/m1/s1. The highest BCUT2D eigenvalue weighted by Crippen LogP contribution is 2.44. The van der Waals surface area contributed by atoms with Crippen LogP contribution in [0.1, 0.15) is 38.5 Å². The van der Waals surface area contributed by atoms with Gasteiger partial charge in [-0.25, -0.2) is 0 Å². The molecule has 2 aliphatic carbocycles. The number of thiocarbonyl (C=S) groups is 1. The molecule has 3 fully saturated rings. The molecule has 1 heterocycles. The molecular formula is C14H23N3OS. The van der Waals surface area contributed by atoms with Crippen molar-refractivity contribution in [1.82, 2.24) is 10.2 Å². The Morgan fingerprint density at radius 2 is 1.89 bits per heavy atom. The summed E-state index contributed by atoms with van der Waals surface area (Å²) in [6.07, 6.45) is 7.16. The van der Waals surface area contributed by atoms with Gasteiger partial charge in [0.15, 0.2) is 5.11 Å². The number of fused-ring (bicyclic) bond motifs is 2. The van der Waals surface area contributed by atoms with E-state index in [1.165, 1.54) is 25.7 Å². The van der Waals surface area contributed by atoms with E-state index in [1.807, 2.05) is 0 Å². The Hall–Kier alpha value is -0.840. The zero-order chi connectivity index (χ0) is 13.4. The zero-order valence-corrected chi connectivity index (χ0v) is 12.1. The highest BCUT2D eigenvalue weighted by molar-refractivity contribution is 7.80. The molecule has 0 unspecified atom stereocenters. The smallest absolute Gasteiger partial charge is 0.220 e. The maximum absolute atomic E-state index is 11.2. The lowest BCUT2D eigenvalue weighted by Gasteiger charge is -2.35. The molecule has 3 aliphatic rings. The van der Waals surface area contributed by atoms with E-state index < -0.39 is 0 Å². The number of likely N-dealkylation sites (tertiary alicyclic amines) is 1. The van der Waals surface area contributed by atoms with Crippen LogP contribution in [0.5, 0.6) is 0 Å². The average molecular weight is 281 g/mol. The number of carbonyl (C=O) groups excluding carboxylic acids is 1. The van der Waals surface area contributed by atoms with Crippen molar-refractivity contribution in [3.05, 3.63) is 0 Å². The molecule has 1 aliphatic heterocycles. The minimum Gasteiger partial charge on any atom is -0.369 e. The van der Waals surface area contributed by atoms with Gasteiger partial charge in [0.1, 0.15) is 0 Å². The number of nitrogens with zero attached hydrogens (tertiary/aromatic N) is 1. The monoisotopic (exact) mass is 281 g/mol. The molecule has 1 amide bonds. The highest BCUT2D eigenvalue weighted by Gasteiger charge is 2.40. The molecule has 3 rings (SSSR count). The van der Waals surface area contributed by atoms with Gasteiger partial charge in [-0.2, -0.15) is 0 Å². The number of carbonyl (C=O) groups is 1. The van der Waals surface area contributed by atoms with E-state index >= 15 is 0 Å². The fourth-order valence-corrected chi connectivity index (χ4v) is 4.37. The van der Waals surface area contributed by atoms with Gasteiger partial charge in [0.25, 0.3) is 0 Å². The molecule has 0 radical (unpaired) electrons. The molecule has 1 saturated heterocycles. The third-order valence-electron chi connectivity index (χ3n) is 5.23. The van der Waals surface area contributed by atoms with Crippen LogP contribution in [-0.2, 0) is 4.79 Å². The van der Waals surface area contributed by atoms with E-state index in [9.17, 15) is 4.79 Å². The van der Waals surface area contributed by atoms with Gasteiger partial charge in [-0.15, -0.1) is 0 Å². The van der Waals surface area contributed by atoms with Crippen LogP contribution in [0.15, 0.2) is 0 Å². The molecule has 3 N–H and O–H groups in total. The molecule has 0 spiro atoms. The van der Waals surface area contributed by atoms with Crippen molar-refractivity contribution in [1.29, 1.82) is 0 Å². The van der Waals surface area contributed by atoms with Crippen molar-refractivity contribution in [2.24, 2.45) is 23.5 Å². The SMILES string of the molecule is NC(=O)C1CCN(C(=S)N[C@@H]2C[C@@H]3CC[C@@H]2C3)CC1. The van der Waals surface area contributed by atoms with Crippen molar-refractivity contribution in [2.45, 2.75) is 44.6 Å². The number of primary amides is 1. The van der Waals surface area contributed by atoms with Crippen molar-refractivity contribution in [3.63, 3.8) is 0 Å². The molecule has 19 heavy (non-hydrogen) atoms. The topological polar surface area (TPSA) is 58.4 Å². The Labute approximate surface area is 120 Å². The second kappa shape index (κ2) is 5.27. The van der Waals surface area contributed by atoms with Crippen LogP contribution in [0.3, 0.4) is 0 Å². The van der Waals surface area contributed by atoms with Crippen molar-refractivity contribution in [3.8, 4) is 0 Å². The number of hydrogen-bond donors (Lipinski definition) is 2. The summed E-state index contributed by atoms with van der Waals surface area (Å²) in [5.74, 6) is 1.66. The first-order chi connectivity index (χ1) is 9.13. The number of nitrogens with one attached hydrogen (secondary N) is 1. The summed E-state index contributed by atoms with van der Waals surface area (Å²) in [5, 5.41) is 4.45. The molecule has 0 aromatic rings. The van der Waals surface area contributed by atoms with E-state index in [-0.39, 0.29) is 11.8 Å². The van der Waals surface area contributed by atoms with Crippen LogP contribution in [0.2, 0.25) is 0 Å². The summed E-state index contributed by atoms with van der Waals surface area (Å²) in [5.41, 5.74) is 5.36. The molecule has 3 atom stereocenters. The number of amides is 1. The lowest BCUT2D eigenvalue weighted by Crippen LogP contribution is -2.50. The molecule has 4 nitrogen and oxygen atoms in total. The first kappa shape index (κ1) is 13.2. The van der Waals surface area contributed by atoms with Gasteiger partial charge in [0, 0.05) is 25.0 Å². The van der Waals surface area contributed by atoms with Crippen molar-refractivity contribution in [2.75, 3.05) is 13.1 Å². The zero-order valence-electron chi connectivity index (χ0n) is 11.3. The predicted octanol–water partition coefficient (Wildman–Crippen LogP) is 1.25. The molecule has 0 aromatic heterocycles. The van der Waals surface area contributed by atoms with Gasteiger partial charge in [-0.1, -0.05) is 6.42 Å². The summed E-state index contributed by atoms with van der Waals surface area (Å²) < 4.78 is 0. The van der Waals surface area contributed by atoms with Crippen LogP contribution in [-0.4, -0.2) is 35.1 Å². The van der Waals surface area contributed by atoms with Gasteiger partial charge < -0.3 is 16.0 Å². The quantitative estimate of drug-likeness (QED) is 0.748. The summed E-state index contributed by atoms with van der Waals surface area (Å²) in [4.78, 5) is 13.4. The summed E-state index contributed by atoms with van der Waals surface area (Å²) in [6, 6.07) is 0.597. The summed E-state index contributed by atoms with van der Waals surface area (Å²) in [6.45, 7) is 1.72. The van der Waals surface area contributed by atoms with Gasteiger partial charge in [-0.3, -0.25) is 4.79 Å². The van der Waals surface area contributed by atoms with Crippen LogP contribution in [0.25, 0.3) is 0 Å². The first-order valence-corrected chi connectivity index (χ1v) is 7.89. The minimum atomic E-state index is -0.161. The largest absolute Gasteiger partial charge is 0.369 e. The number of piperidine rings is 1. The van der Waals surface area contributed by atoms with Gasteiger partial charge in [0.05, 0.1) is 0 Å². The molecule has 2 bridgehead atoms. The van der Waals surface area contributed by atoms with Crippen LogP contribution in [0, 0.1) is 17.8 Å². The van der Waals surface area contributed by atoms with Gasteiger partial charge in [-0.05, 0) is 56.2 Å². The molecule has 0 aromatic carbocycles. The third kappa shape index (κ3) is 2.71. The van der Waals surface area contributed by atoms with Crippen LogP contribution < -0.4 is 11.1 Å². The Morgan fingerprint density at radius 3 is 2.42 bits per heavy atom. The van der Waals surface area contributed by atoms with E-state index in [0.717, 1.165) is 42.9 Å². The maximum atomic E-state index is 11.2. The normalized spacial score (nSPS) is 34.5. The van der Waals surface area contributed by atoms with E-state index in [4.69, 9.17) is 18.0 Å². The second-order valence-electron chi connectivity index (χ2n) is 6.39. The molecule has 106 valence electrons. The Balaban J connectivity index is 1.48. The highest BCUT2D eigenvalue weighted by atomic mass is 32.1. The first-order valence-electron chi connectivity index (χ1n) is 7.48. The predicted molar refractivity (Wildman–Crippen MR) is 78.5 cm³/mol. The Morgan fingerprint density at radius 1 is 1.16 bits per heavy atom. The Bertz CT molecular complexity index is 379. The van der Waals surface area contributed by atoms with E-state index in [0.29, 0.717) is 6.04 Å². The molecule has 5 heteroatoms. The third-order valence-corrected chi connectivity index (χ3v) is 5.61. The molecular weight excluding hydrogens is 258 g/mol. The van der Waals surface area contributed by atoms with Crippen molar-refractivity contribution < 1.29 is 4.79 Å². The van der Waals surface area contributed by atoms with Gasteiger partial charge in [0.2, 0.25) is 5.91 Å². The number of hydrogen-bond acceptors (Lipinski definition) is 2. The Kier molecular flexibility index (Phi) is 3.65. The lowest BCUT2D eigenvalue weighted by molar-refractivity contribution is -0.122. The number of rotatable bonds is 2. The fourth-order valence-electron chi connectivity index (χ4n) is 4.04. The maximum Gasteiger partial charge on any atom is 0.220 e. The van der Waals surface area contributed by atoms with E-state index in [1.54, 1.807) is 0 Å². The summed E-state index contributed by atoms with van der Waals surface area (Å²) >= 11 is 5.53. The van der Waals surface area contributed by atoms with Crippen LogP contribution in [0.4, 0.5) is 0 Å².